The third-order valence-corrected chi connectivity index (χ3v) is 6.05. The zero-order valence-corrected chi connectivity index (χ0v) is 11.7. The fourth-order valence-corrected chi connectivity index (χ4v) is 5.20. The molecule has 0 aromatic heterocycles. The molecule has 0 aromatic carbocycles. The van der Waals surface area contributed by atoms with E-state index < -0.39 is 0 Å². The molecule has 0 nitrogen and oxygen atoms in total. The number of allylic oxidation sites excluding steroid dienone is 2. The van der Waals surface area contributed by atoms with E-state index in [9.17, 15) is 0 Å². The zero-order chi connectivity index (χ0) is 11.5. The lowest BCUT2D eigenvalue weighted by atomic mass is 10.4. The Balaban J connectivity index is 3.84. The van der Waals surface area contributed by atoms with Crippen LogP contribution in [0.25, 0.3) is 0 Å². The average Bonchev–Trinajstić information content (AvgIpc) is 2.26. The van der Waals surface area contributed by atoms with Crippen molar-refractivity contribution in [3.05, 3.63) is 49.6 Å². The molecule has 2 atom stereocenters. The number of hydrogen-bond acceptors (Lipinski definition) is 3. The summed E-state index contributed by atoms with van der Waals surface area (Å²) >= 11 is 0. The van der Waals surface area contributed by atoms with Crippen molar-refractivity contribution in [1.29, 1.82) is 0 Å². The second kappa shape index (κ2) is 10.5. The Morgan fingerprint density at radius 3 is 1.53 bits per heavy atom. The van der Waals surface area contributed by atoms with Crippen molar-refractivity contribution >= 4 is 31.4 Å². The Morgan fingerprint density at radius 2 is 1.27 bits per heavy atom. The molecule has 0 amide bonds. The van der Waals surface area contributed by atoms with Gasteiger partial charge in [-0.05, 0) is 23.7 Å². The van der Waals surface area contributed by atoms with Crippen molar-refractivity contribution in [3.63, 3.8) is 0 Å². The molecule has 0 aliphatic carbocycles. The van der Waals surface area contributed by atoms with Crippen LogP contribution in [0.4, 0.5) is 0 Å². The maximum absolute atomic E-state index is 3.81. The summed E-state index contributed by atoms with van der Waals surface area (Å²) in [4.78, 5) is 0. The Hall–Kier alpha value is 0.01000. The van der Waals surface area contributed by atoms with Crippen LogP contribution in [0.15, 0.2) is 49.6 Å². The first-order chi connectivity index (χ1) is 7.28. The third-order valence-electron chi connectivity index (χ3n) is 1.53. The van der Waals surface area contributed by atoms with Gasteiger partial charge in [-0.1, -0.05) is 58.0 Å². The van der Waals surface area contributed by atoms with Gasteiger partial charge in [0, 0.05) is 0 Å². The topological polar surface area (TPSA) is 0 Å². The molecule has 3 heteroatoms. The summed E-state index contributed by atoms with van der Waals surface area (Å²) in [5, 5.41) is 0.784. The zero-order valence-electron chi connectivity index (χ0n) is 9.26. The standard InChI is InChI=1S/C12H18S3/c1-5-9-11(7-3)13-15-14-12(8-4)10-6-2/h5-12H,3-4H2,1-2H3. The van der Waals surface area contributed by atoms with Crippen LogP contribution in [0.3, 0.4) is 0 Å². The summed E-state index contributed by atoms with van der Waals surface area (Å²) in [7, 11) is 5.40. The molecule has 15 heavy (non-hydrogen) atoms. The first kappa shape index (κ1) is 15.0. The highest BCUT2D eigenvalue weighted by molar-refractivity contribution is 9.09. The summed E-state index contributed by atoms with van der Waals surface area (Å²) in [6, 6.07) is 0. The van der Waals surface area contributed by atoms with Gasteiger partial charge in [-0.25, -0.2) is 0 Å². The fourth-order valence-electron chi connectivity index (χ4n) is 0.793. The second-order valence-electron chi connectivity index (χ2n) is 2.71. The highest BCUT2D eigenvalue weighted by Gasteiger charge is 2.04. The molecule has 0 fully saturated rings. The molecule has 0 aliphatic heterocycles. The molecule has 0 aromatic rings. The monoisotopic (exact) mass is 258 g/mol. The van der Waals surface area contributed by atoms with Crippen molar-refractivity contribution in [2.24, 2.45) is 0 Å². The van der Waals surface area contributed by atoms with E-state index in [0.717, 1.165) is 0 Å². The van der Waals surface area contributed by atoms with Crippen molar-refractivity contribution in [1.82, 2.24) is 0 Å². The van der Waals surface area contributed by atoms with E-state index in [1.165, 1.54) is 0 Å². The third kappa shape index (κ3) is 7.88. The highest BCUT2D eigenvalue weighted by Crippen LogP contribution is 2.41. The Morgan fingerprint density at radius 1 is 0.867 bits per heavy atom. The van der Waals surface area contributed by atoms with Crippen LogP contribution in [0.5, 0.6) is 0 Å². The minimum atomic E-state index is 0.392. The number of rotatable bonds is 8. The predicted octanol–water partition coefficient (Wildman–Crippen LogP) is 5.28. The van der Waals surface area contributed by atoms with Gasteiger partial charge < -0.3 is 0 Å². The molecule has 0 spiro atoms. The maximum atomic E-state index is 3.81. The van der Waals surface area contributed by atoms with Crippen molar-refractivity contribution < 1.29 is 0 Å². The lowest BCUT2D eigenvalue weighted by molar-refractivity contribution is 1.42. The van der Waals surface area contributed by atoms with Crippen LogP contribution in [0, 0.1) is 0 Å². The predicted molar refractivity (Wildman–Crippen MR) is 80.4 cm³/mol. The highest BCUT2D eigenvalue weighted by atomic mass is 33.5. The minimum Gasteiger partial charge on any atom is -0.102 e. The molecule has 0 rings (SSSR count). The van der Waals surface area contributed by atoms with E-state index in [1.54, 1.807) is 9.83 Å². The van der Waals surface area contributed by atoms with Crippen LogP contribution in [-0.2, 0) is 0 Å². The van der Waals surface area contributed by atoms with E-state index in [1.807, 2.05) is 47.6 Å². The molecule has 0 N–H and O–H groups in total. The SMILES string of the molecule is C=CC(C=CC)SSSC(C=C)C=CC. The molecule has 0 saturated heterocycles. The van der Waals surface area contributed by atoms with Gasteiger partial charge in [-0.3, -0.25) is 0 Å². The van der Waals surface area contributed by atoms with Crippen LogP contribution in [0.2, 0.25) is 0 Å². The number of hydrogen-bond donors (Lipinski definition) is 0. The van der Waals surface area contributed by atoms with Gasteiger partial charge in [0.15, 0.2) is 0 Å². The van der Waals surface area contributed by atoms with Gasteiger partial charge >= 0.3 is 0 Å². The van der Waals surface area contributed by atoms with Crippen LogP contribution < -0.4 is 0 Å². The lowest BCUT2D eigenvalue weighted by Crippen LogP contribution is -1.90. The van der Waals surface area contributed by atoms with E-state index in [0.29, 0.717) is 10.5 Å². The van der Waals surface area contributed by atoms with Crippen molar-refractivity contribution in [3.8, 4) is 0 Å². The van der Waals surface area contributed by atoms with Crippen molar-refractivity contribution in [2.45, 2.75) is 24.3 Å². The molecule has 0 aliphatic rings. The largest absolute Gasteiger partial charge is 0.102 e. The average molecular weight is 258 g/mol. The molecule has 0 heterocycles. The first-order valence-corrected chi connectivity index (χ1v) is 8.39. The maximum Gasteiger partial charge on any atom is 0.0517 e. The minimum absolute atomic E-state index is 0.392. The molecular weight excluding hydrogens is 240 g/mol. The summed E-state index contributed by atoms with van der Waals surface area (Å²) in [5.74, 6) is 0. The Bertz CT molecular complexity index is 207. The second-order valence-corrected chi connectivity index (χ2v) is 7.11. The van der Waals surface area contributed by atoms with Crippen LogP contribution in [0.1, 0.15) is 13.8 Å². The quantitative estimate of drug-likeness (QED) is 0.429. The Kier molecular flexibility index (Phi) is 10.5. The molecule has 0 radical (unpaired) electrons. The van der Waals surface area contributed by atoms with Gasteiger partial charge in [0.25, 0.3) is 0 Å². The van der Waals surface area contributed by atoms with Gasteiger partial charge in [0.2, 0.25) is 0 Å². The van der Waals surface area contributed by atoms with E-state index in [-0.39, 0.29) is 0 Å². The summed E-state index contributed by atoms with van der Waals surface area (Å²) in [6.07, 6.45) is 12.3. The van der Waals surface area contributed by atoms with Crippen LogP contribution in [-0.4, -0.2) is 10.5 Å². The summed E-state index contributed by atoms with van der Waals surface area (Å²) in [5.41, 5.74) is 0. The fraction of sp³-hybridized carbons (Fsp3) is 0.333. The van der Waals surface area contributed by atoms with E-state index in [2.05, 4.69) is 37.5 Å². The molecular formula is C12H18S3. The Labute approximate surface area is 105 Å². The van der Waals surface area contributed by atoms with Gasteiger partial charge in [-0.15, -0.1) is 13.2 Å². The molecule has 0 bridgehead atoms. The van der Waals surface area contributed by atoms with E-state index >= 15 is 0 Å². The molecule has 0 saturated carbocycles. The lowest BCUT2D eigenvalue weighted by Gasteiger charge is -2.08. The first-order valence-electron chi connectivity index (χ1n) is 4.78. The molecule has 2 unspecified atom stereocenters. The van der Waals surface area contributed by atoms with Crippen molar-refractivity contribution in [2.75, 3.05) is 0 Å². The van der Waals surface area contributed by atoms with E-state index in [4.69, 9.17) is 0 Å². The normalized spacial score (nSPS) is 15.6. The van der Waals surface area contributed by atoms with Gasteiger partial charge in [0.05, 0.1) is 10.5 Å². The smallest absolute Gasteiger partial charge is 0.0517 e. The van der Waals surface area contributed by atoms with Gasteiger partial charge in [-0.2, -0.15) is 0 Å². The van der Waals surface area contributed by atoms with Gasteiger partial charge in [0.1, 0.15) is 0 Å². The van der Waals surface area contributed by atoms with Crippen LogP contribution >= 0.6 is 31.4 Å². The molecule has 84 valence electrons. The summed E-state index contributed by atoms with van der Waals surface area (Å²) < 4.78 is 0. The summed E-state index contributed by atoms with van der Waals surface area (Å²) in [6.45, 7) is 11.7.